The summed E-state index contributed by atoms with van der Waals surface area (Å²) in [6, 6.07) is 4.07. The highest BCUT2D eigenvalue weighted by Crippen LogP contribution is 2.05. The van der Waals surface area contributed by atoms with Crippen molar-refractivity contribution in [3.05, 3.63) is 29.8 Å². The molecule has 0 aromatic carbocycles. The quantitative estimate of drug-likeness (QED) is 0.727. The number of hydrogen-bond acceptors (Lipinski definition) is 3. The predicted octanol–water partition coefficient (Wildman–Crippen LogP) is 1.33. The van der Waals surface area contributed by atoms with Gasteiger partial charge in [0.05, 0.1) is 12.6 Å². The Morgan fingerprint density at radius 2 is 2.31 bits per heavy atom. The molecule has 1 amide bonds. The fourth-order valence-electron chi connectivity index (χ4n) is 1.26. The Balaban J connectivity index is 2.77. The van der Waals surface area contributed by atoms with Crippen LogP contribution in [0, 0.1) is 5.95 Å². The molecule has 88 valence electrons. The number of carbonyl (C=O) groups excluding carboxylic acids is 1. The molecule has 0 N–H and O–H groups in total. The number of halogens is 1. The van der Waals surface area contributed by atoms with E-state index in [1.165, 1.54) is 23.1 Å². The van der Waals surface area contributed by atoms with Crippen LogP contribution in [-0.2, 0) is 4.74 Å². The minimum atomic E-state index is -0.654. The number of rotatable bonds is 4. The van der Waals surface area contributed by atoms with E-state index in [0.717, 1.165) is 0 Å². The summed E-state index contributed by atoms with van der Waals surface area (Å²) < 4.78 is 17.8. The molecule has 0 aliphatic carbocycles. The average molecular weight is 226 g/mol. The number of nitrogens with zero attached hydrogens (tertiary/aromatic N) is 2. The molecule has 1 atom stereocenters. The van der Waals surface area contributed by atoms with E-state index < -0.39 is 5.95 Å². The first-order valence-corrected chi connectivity index (χ1v) is 4.95. The molecule has 0 saturated carbocycles. The van der Waals surface area contributed by atoms with Crippen molar-refractivity contribution in [1.82, 2.24) is 9.88 Å². The average Bonchev–Trinajstić information content (AvgIpc) is 2.27. The van der Waals surface area contributed by atoms with Crippen molar-refractivity contribution in [2.24, 2.45) is 0 Å². The van der Waals surface area contributed by atoms with E-state index in [4.69, 9.17) is 4.74 Å². The molecule has 1 rings (SSSR count). The Morgan fingerprint density at radius 3 is 2.88 bits per heavy atom. The number of ether oxygens (including phenoxy) is 1. The van der Waals surface area contributed by atoms with Crippen LogP contribution in [-0.4, -0.2) is 42.6 Å². The van der Waals surface area contributed by atoms with E-state index in [1.807, 2.05) is 6.92 Å². The van der Waals surface area contributed by atoms with E-state index in [1.54, 1.807) is 14.2 Å². The van der Waals surface area contributed by atoms with Crippen molar-refractivity contribution in [3.8, 4) is 0 Å². The van der Waals surface area contributed by atoms with Crippen molar-refractivity contribution in [2.45, 2.75) is 13.0 Å². The van der Waals surface area contributed by atoms with Crippen LogP contribution in [0.4, 0.5) is 4.39 Å². The third-order valence-electron chi connectivity index (χ3n) is 2.32. The molecule has 1 aromatic rings. The van der Waals surface area contributed by atoms with Crippen LogP contribution in [0.25, 0.3) is 0 Å². The highest BCUT2D eigenvalue weighted by Gasteiger charge is 2.18. The third kappa shape index (κ3) is 3.00. The first-order chi connectivity index (χ1) is 7.56. The van der Waals surface area contributed by atoms with Gasteiger partial charge in [0, 0.05) is 14.2 Å². The van der Waals surface area contributed by atoms with Gasteiger partial charge in [-0.15, -0.1) is 0 Å². The standard InChI is InChI=1S/C11H15FN2O2/c1-8(7-16-3)14(2)11(15)9-5-4-6-10(12)13-9/h4-6,8H,7H2,1-3H3. The van der Waals surface area contributed by atoms with Gasteiger partial charge in [-0.05, 0) is 19.1 Å². The number of amides is 1. The zero-order valence-corrected chi connectivity index (χ0v) is 9.61. The highest BCUT2D eigenvalue weighted by atomic mass is 19.1. The second-order valence-electron chi connectivity index (χ2n) is 3.57. The molecule has 0 spiro atoms. The van der Waals surface area contributed by atoms with Gasteiger partial charge in [0.25, 0.3) is 5.91 Å². The maximum Gasteiger partial charge on any atom is 0.272 e. The number of methoxy groups -OCH3 is 1. The lowest BCUT2D eigenvalue weighted by molar-refractivity contribution is 0.0627. The first kappa shape index (κ1) is 12.6. The number of carbonyl (C=O) groups is 1. The molecule has 0 fully saturated rings. The van der Waals surface area contributed by atoms with Crippen molar-refractivity contribution >= 4 is 5.91 Å². The molecule has 0 bridgehead atoms. The molecule has 1 heterocycles. The van der Waals surface area contributed by atoms with E-state index in [0.29, 0.717) is 6.61 Å². The second kappa shape index (κ2) is 5.55. The Hall–Kier alpha value is -1.49. The summed E-state index contributed by atoms with van der Waals surface area (Å²) in [7, 11) is 3.20. The van der Waals surface area contributed by atoms with Crippen molar-refractivity contribution in [1.29, 1.82) is 0 Å². The Labute approximate surface area is 94.0 Å². The van der Waals surface area contributed by atoms with Gasteiger partial charge in [-0.1, -0.05) is 6.07 Å². The van der Waals surface area contributed by atoms with Crippen molar-refractivity contribution in [2.75, 3.05) is 20.8 Å². The van der Waals surface area contributed by atoms with E-state index in [-0.39, 0.29) is 17.6 Å². The summed E-state index contributed by atoms with van der Waals surface area (Å²) in [6.45, 7) is 2.28. The van der Waals surface area contributed by atoms with Gasteiger partial charge in [-0.25, -0.2) is 4.98 Å². The number of pyridine rings is 1. The van der Waals surface area contributed by atoms with E-state index in [9.17, 15) is 9.18 Å². The van der Waals surface area contributed by atoms with Crippen molar-refractivity contribution < 1.29 is 13.9 Å². The second-order valence-corrected chi connectivity index (χ2v) is 3.57. The first-order valence-electron chi connectivity index (χ1n) is 4.95. The molecule has 16 heavy (non-hydrogen) atoms. The minimum absolute atomic E-state index is 0.0810. The highest BCUT2D eigenvalue weighted by molar-refractivity contribution is 5.92. The van der Waals surface area contributed by atoms with Gasteiger partial charge >= 0.3 is 0 Å². The largest absolute Gasteiger partial charge is 0.383 e. The van der Waals surface area contributed by atoms with Crippen LogP contribution in [0.5, 0.6) is 0 Å². The molecule has 1 unspecified atom stereocenters. The normalized spacial score (nSPS) is 12.2. The van der Waals surface area contributed by atoms with Crippen LogP contribution >= 0.6 is 0 Å². The molecular weight excluding hydrogens is 211 g/mol. The molecule has 0 saturated heterocycles. The van der Waals surface area contributed by atoms with Gasteiger partial charge in [0.1, 0.15) is 5.69 Å². The molecule has 0 aliphatic rings. The van der Waals surface area contributed by atoms with Crippen molar-refractivity contribution in [3.63, 3.8) is 0 Å². The van der Waals surface area contributed by atoms with E-state index in [2.05, 4.69) is 4.98 Å². The zero-order valence-electron chi connectivity index (χ0n) is 9.61. The summed E-state index contributed by atoms with van der Waals surface area (Å²) in [5.41, 5.74) is 0.102. The number of aromatic nitrogens is 1. The summed E-state index contributed by atoms with van der Waals surface area (Å²) in [5, 5.41) is 0. The minimum Gasteiger partial charge on any atom is -0.383 e. The molecule has 5 heteroatoms. The van der Waals surface area contributed by atoms with Crippen LogP contribution in [0.2, 0.25) is 0 Å². The Morgan fingerprint density at radius 1 is 1.62 bits per heavy atom. The van der Waals surface area contributed by atoms with Crippen LogP contribution in [0.15, 0.2) is 18.2 Å². The smallest absolute Gasteiger partial charge is 0.272 e. The Kier molecular flexibility index (Phi) is 4.37. The van der Waals surface area contributed by atoms with Gasteiger partial charge in [-0.2, -0.15) is 4.39 Å². The summed E-state index contributed by atoms with van der Waals surface area (Å²) in [4.78, 5) is 16.9. The molecule has 0 radical (unpaired) electrons. The predicted molar refractivity (Wildman–Crippen MR) is 57.6 cm³/mol. The molecule has 1 aromatic heterocycles. The monoisotopic (exact) mass is 226 g/mol. The SMILES string of the molecule is COCC(C)N(C)C(=O)c1cccc(F)n1. The molecule has 0 aliphatic heterocycles. The van der Waals surface area contributed by atoms with Gasteiger partial charge in [0.15, 0.2) is 0 Å². The van der Waals surface area contributed by atoms with Crippen LogP contribution in [0.1, 0.15) is 17.4 Å². The van der Waals surface area contributed by atoms with Gasteiger partial charge < -0.3 is 9.64 Å². The maximum absolute atomic E-state index is 12.8. The lowest BCUT2D eigenvalue weighted by Gasteiger charge is -2.23. The van der Waals surface area contributed by atoms with Gasteiger partial charge in [-0.3, -0.25) is 4.79 Å². The molecular formula is C11H15FN2O2. The van der Waals surface area contributed by atoms with Gasteiger partial charge in [0.2, 0.25) is 5.95 Å². The summed E-state index contributed by atoms with van der Waals surface area (Å²) in [5.74, 6) is -0.970. The topological polar surface area (TPSA) is 42.4 Å². The van der Waals surface area contributed by atoms with Crippen LogP contribution < -0.4 is 0 Å². The summed E-state index contributed by atoms with van der Waals surface area (Å²) in [6.07, 6.45) is 0. The zero-order chi connectivity index (χ0) is 12.1. The number of likely N-dealkylation sites (N-methyl/N-ethyl adjacent to an activating group) is 1. The summed E-state index contributed by atoms with van der Waals surface area (Å²) >= 11 is 0. The fraction of sp³-hybridized carbons (Fsp3) is 0.455. The molecule has 4 nitrogen and oxygen atoms in total. The fourth-order valence-corrected chi connectivity index (χ4v) is 1.26. The maximum atomic E-state index is 12.8. The lowest BCUT2D eigenvalue weighted by Crippen LogP contribution is -2.38. The third-order valence-corrected chi connectivity index (χ3v) is 2.32. The van der Waals surface area contributed by atoms with Crippen LogP contribution in [0.3, 0.4) is 0 Å². The lowest BCUT2D eigenvalue weighted by atomic mass is 10.2. The van der Waals surface area contributed by atoms with E-state index >= 15 is 0 Å². The number of hydrogen-bond donors (Lipinski definition) is 0. The Bertz CT molecular complexity index is 371.